The lowest BCUT2D eigenvalue weighted by atomic mass is 10.1. The number of rotatable bonds is 4. The number of aliphatic carboxylic acids is 1. The summed E-state index contributed by atoms with van der Waals surface area (Å²) in [7, 11) is 0. The number of nitrogens with two attached hydrogens (primary N) is 1. The zero-order valence-corrected chi connectivity index (χ0v) is 7.60. The van der Waals surface area contributed by atoms with Crippen LogP contribution in [0.4, 0.5) is 0 Å². The van der Waals surface area contributed by atoms with Crippen LogP contribution in [0.1, 0.15) is 12.5 Å². The van der Waals surface area contributed by atoms with Gasteiger partial charge in [-0.3, -0.25) is 4.79 Å². The Hall–Kier alpha value is -1.29. The topological polar surface area (TPSA) is 68.2 Å². The Labute approximate surface area is 77.0 Å². The van der Waals surface area contributed by atoms with Crippen molar-refractivity contribution >= 4 is 5.97 Å². The molecule has 0 amide bonds. The van der Waals surface area contributed by atoms with Crippen LogP contribution < -0.4 is 5.73 Å². The van der Waals surface area contributed by atoms with Crippen molar-refractivity contribution in [1.82, 2.24) is 4.57 Å². The number of hydrogen-bond donors (Lipinski definition) is 2. The minimum Gasteiger partial charge on any atom is -0.480 e. The summed E-state index contributed by atoms with van der Waals surface area (Å²) in [5.74, 6) is -0.954. The number of carbonyl (C=O) groups is 1. The van der Waals surface area contributed by atoms with E-state index in [2.05, 4.69) is 0 Å². The van der Waals surface area contributed by atoms with E-state index in [9.17, 15) is 4.79 Å². The van der Waals surface area contributed by atoms with E-state index >= 15 is 0 Å². The molecule has 3 N–H and O–H groups in total. The van der Waals surface area contributed by atoms with Crippen molar-refractivity contribution in [2.75, 3.05) is 0 Å². The van der Waals surface area contributed by atoms with Crippen LogP contribution >= 0.6 is 0 Å². The van der Waals surface area contributed by atoms with E-state index < -0.39 is 12.0 Å². The van der Waals surface area contributed by atoms with Crippen LogP contribution in [0.15, 0.2) is 18.5 Å². The minimum absolute atomic E-state index is 0.391. The standard InChI is InChI=1S/C9H14N2O2/c1-2-11-4-3-7(6-11)5-8(10)9(12)13/h3-4,6,8H,2,5,10H2,1H3,(H,12,13). The predicted octanol–water partition coefficient (Wildman–Crippen LogP) is 0.462. The van der Waals surface area contributed by atoms with Crippen LogP contribution in [0.3, 0.4) is 0 Å². The Morgan fingerprint density at radius 1 is 1.77 bits per heavy atom. The summed E-state index contributed by atoms with van der Waals surface area (Å²) in [6, 6.07) is 1.10. The van der Waals surface area contributed by atoms with Crippen molar-refractivity contribution in [3.8, 4) is 0 Å². The van der Waals surface area contributed by atoms with Crippen molar-refractivity contribution in [2.24, 2.45) is 5.73 Å². The molecule has 1 rings (SSSR count). The molecule has 1 aromatic rings. The van der Waals surface area contributed by atoms with Crippen molar-refractivity contribution in [2.45, 2.75) is 25.9 Å². The molecule has 4 nitrogen and oxygen atoms in total. The maximum Gasteiger partial charge on any atom is 0.320 e. The highest BCUT2D eigenvalue weighted by molar-refractivity contribution is 5.73. The zero-order chi connectivity index (χ0) is 9.84. The summed E-state index contributed by atoms with van der Waals surface area (Å²) in [6.45, 7) is 2.92. The van der Waals surface area contributed by atoms with E-state index in [4.69, 9.17) is 10.8 Å². The van der Waals surface area contributed by atoms with Gasteiger partial charge in [0.1, 0.15) is 6.04 Å². The molecule has 72 valence electrons. The van der Waals surface area contributed by atoms with Gasteiger partial charge in [0.05, 0.1) is 0 Å². The molecule has 1 atom stereocenters. The summed E-state index contributed by atoms with van der Waals surface area (Å²) in [6.07, 6.45) is 4.23. The van der Waals surface area contributed by atoms with E-state index in [1.165, 1.54) is 0 Å². The average Bonchev–Trinajstić information content (AvgIpc) is 2.52. The van der Waals surface area contributed by atoms with Crippen molar-refractivity contribution < 1.29 is 9.90 Å². The van der Waals surface area contributed by atoms with E-state index in [0.717, 1.165) is 12.1 Å². The summed E-state index contributed by atoms with van der Waals surface area (Å²) in [5, 5.41) is 8.58. The smallest absolute Gasteiger partial charge is 0.320 e. The van der Waals surface area contributed by atoms with Crippen molar-refractivity contribution in [3.63, 3.8) is 0 Å². The van der Waals surface area contributed by atoms with E-state index in [0.29, 0.717) is 6.42 Å². The van der Waals surface area contributed by atoms with E-state index in [1.54, 1.807) is 0 Å². The maximum atomic E-state index is 10.4. The summed E-state index contributed by atoms with van der Waals surface area (Å²) in [5.41, 5.74) is 6.36. The van der Waals surface area contributed by atoms with Gasteiger partial charge in [-0.25, -0.2) is 0 Å². The fraction of sp³-hybridized carbons (Fsp3) is 0.444. The van der Waals surface area contributed by atoms with Gasteiger partial charge in [-0.2, -0.15) is 0 Å². The van der Waals surface area contributed by atoms with Gasteiger partial charge < -0.3 is 15.4 Å². The second kappa shape index (κ2) is 4.09. The molecule has 0 fully saturated rings. The molecule has 0 bridgehead atoms. The van der Waals surface area contributed by atoms with Crippen LogP contribution in [-0.4, -0.2) is 21.7 Å². The quantitative estimate of drug-likeness (QED) is 0.711. The second-order valence-electron chi connectivity index (χ2n) is 3.00. The van der Waals surface area contributed by atoms with Crippen molar-refractivity contribution in [3.05, 3.63) is 24.0 Å². The average molecular weight is 182 g/mol. The number of aromatic nitrogens is 1. The third-order valence-electron chi connectivity index (χ3n) is 1.95. The summed E-state index contributed by atoms with van der Waals surface area (Å²) >= 11 is 0. The van der Waals surface area contributed by atoms with Gasteiger partial charge in [0.2, 0.25) is 0 Å². The third kappa shape index (κ3) is 2.59. The minimum atomic E-state index is -0.954. The Kier molecular flexibility index (Phi) is 3.08. The third-order valence-corrected chi connectivity index (χ3v) is 1.95. The van der Waals surface area contributed by atoms with Gasteiger partial charge in [0, 0.05) is 18.9 Å². The fourth-order valence-corrected chi connectivity index (χ4v) is 1.15. The number of carboxylic acid groups (broad SMARTS) is 1. The molecule has 0 saturated carbocycles. The zero-order valence-electron chi connectivity index (χ0n) is 7.60. The largest absolute Gasteiger partial charge is 0.480 e. The Morgan fingerprint density at radius 2 is 2.46 bits per heavy atom. The molecular formula is C9H14N2O2. The highest BCUT2D eigenvalue weighted by atomic mass is 16.4. The Morgan fingerprint density at radius 3 is 2.92 bits per heavy atom. The molecule has 1 unspecified atom stereocenters. The van der Waals surface area contributed by atoms with Crippen LogP contribution in [0.5, 0.6) is 0 Å². The highest BCUT2D eigenvalue weighted by Crippen LogP contribution is 2.03. The number of nitrogens with zero attached hydrogens (tertiary/aromatic N) is 1. The van der Waals surface area contributed by atoms with Gasteiger partial charge in [0.15, 0.2) is 0 Å². The lowest BCUT2D eigenvalue weighted by Crippen LogP contribution is -2.32. The van der Waals surface area contributed by atoms with Gasteiger partial charge in [-0.1, -0.05) is 0 Å². The molecule has 1 aromatic heterocycles. The molecule has 0 aliphatic rings. The molecule has 0 saturated heterocycles. The van der Waals surface area contributed by atoms with Crippen LogP contribution in [0.2, 0.25) is 0 Å². The van der Waals surface area contributed by atoms with Crippen LogP contribution in [0, 0.1) is 0 Å². The number of aryl methyl sites for hydroxylation is 1. The Bertz CT molecular complexity index is 294. The van der Waals surface area contributed by atoms with Gasteiger partial charge in [0.25, 0.3) is 0 Å². The predicted molar refractivity (Wildman–Crippen MR) is 49.4 cm³/mol. The molecule has 0 spiro atoms. The molecule has 1 heterocycles. The van der Waals surface area contributed by atoms with Crippen LogP contribution in [0.25, 0.3) is 0 Å². The monoisotopic (exact) mass is 182 g/mol. The molecular weight excluding hydrogens is 168 g/mol. The summed E-state index contributed by atoms with van der Waals surface area (Å²) < 4.78 is 1.99. The first kappa shape index (κ1) is 9.80. The maximum absolute atomic E-state index is 10.4. The first-order chi connectivity index (χ1) is 6.13. The van der Waals surface area contributed by atoms with Gasteiger partial charge in [-0.15, -0.1) is 0 Å². The Balaban J connectivity index is 2.58. The molecule has 0 aromatic carbocycles. The lowest BCUT2D eigenvalue weighted by molar-refractivity contribution is -0.138. The lowest BCUT2D eigenvalue weighted by Gasteiger charge is -2.03. The molecule has 0 aliphatic carbocycles. The SMILES string of the molecule is CCn1ccc(CC(N)C(=O)O)c1. The molecule has 0 radical (unpaired) electrons. The number of carboxylic acids is 1. The fourth-order valence-electron chi connectivity index (χ4n) is 1.15. The first-order valence-corrected chi connectivity index (χ1v) is 4.26. The van der Waals surface area contributed by atoms with Gasteiger partial charge in [-0.05, 0) is 25.0 Å². The van der Waals surface area contributed by atoms with Crippen LogP contribution in [-0.2, 0) is 17.8 Å². The van der Waals surface area contributed by atoms with Gasteiger partial charge >= 0.3 is 5.97 Å². The first-order valence-electron chi connectivity index (χ1n) is 4.26. The highest BCUT2D eigenvalue weighted by Gasteiger charge is 2.12. The second-order valence-corrected chi connectivity index (χ2v) is 3.00. The van der Waals surface area contributed by atoms with E-state index in [-0.39, 0.29) is 0 Å². The molecule has 4 heteroatoms. The molecule has 13 heavy (non-hydrogen) atoms. The van der Waals surface area contributed by atoms with Crippen molar-refractivity contribution in [1.29, 1.82) is 0 Å². The molecule has 0 aliphatic heterocycles. The number of hydrogen-bond acceptors (Lipinski definition) is 2. The van der Waals surface area contributed by atoms with E-state index in [1.807, 2.05) is 30.0 Å². The normalized spacial score (nSPS) is 12.8. The summed E-state index contributed by atoms with van der Waals surface area (Å²) in [4.78, 5) is 10.4.